The van der Waals surface area contributed by atoms with Gasteiger partial charge in [-0.2, -0.15) is 0 Å². The first-order chi connectivity index (χ1) is 14.9. The van der Waals surface area contributed by atoms with Crippen molar-refractivity contribution in [3.05, 3.63) is 35.8 Å². The highest BCUT2D eigenvalue weighted by Gasteiger charge is 2.50. The SMILES string of the molecule is NC(=O)CCNC(=O)c1cn2c(C(=O)NCC34CC5CC(CC(C5)C3)C4)cccc2n1. The molecule has 0 aliphatic heterocycles. The Morgan fingerprint density at radius 2 is 1.71 bits per heavy atom. The van der Waals surface area contributed by atoms with Gasteiger partial charge in [0.2, 0.25) is 5.91 Å². The minimum Gasteiger partial charge on any atom is -0.370 e. The van der Waals surface area contributed by atoms with Gasteiger partial charge in [-0.15, -0.1) is 0 Å². The molecule has 4 saturated carbocycles. The van der Waals surface area contributed by atoms with E-state index in [-0.39, 0.29) is 30.0 Å². The highest BCUT2D eigenvalue weighted by atomic mass is 16.2. The smallest absolute Gasteiger partial charge is 0.271 e. The van der Waals surface area contributed by atoms with Gasteiger partial charge in [-0.05, 0) is 73.8 Å². The van der Waals surface area contributed by atoms with E-state index in [1.54, 1.807) is 28.8 Å². The highest BCUT2D eigenvalue weighted by molar-refractivity contribution is 5.95. The van der Waals surface area contributed by atoms with Crippen molar-refractivity contribution in [2.24, 2.45) is 28.9 Å². The van der Waals surface area contributed by atoms with E-state index in [9.17, 15) is 14.4 Å². The highest BCUT2D eigenvalue weighted by Crippen LogP contribution is 2.59. The van der Waals surface area contributed by atoms with Crippen LogP contribution in [0.3, 0.4) is 0 Å². The molecule has 2 heterocycles. The lowest BCUT2D eigenvalue weighted by Crippen LogP contribution is -2.51. The second kappa shape index (κ2) is 7.66. The van der Waals surface area contributed by atoms with Crippen molar-refractivity contribution in [1.29, 1.82) is 0 Å². The number of nitrogens with zero attached hydrogens (tertiary/aromatic N) is 2. The number of fused-ring (bicyclic) bond motifs is 1. The molecule has 4 aliphatic carbocycles. The van der Waals surface area contributed by atoms with Crippen LogP contribution in [0.15, 0.2) is 24.4 Å². The van der Waals surface area contributed by atoms with Crippen LogP contribution in [0, 0.1) is 23.2 Å². The van der Waals surface area contributed by atoms with E-state index in [0.29, 0.717) is 11.3 Å². The number of imidazole rings is 1. The van der Waals surface area contributed by atoms with Crippen molar-refractivity contribution in [1.82, 2.24) is 20.0 Å². The zero-order valence-corrected chi connectivity index (χ0v) is 17.6. The molecular weight excluding hydrogens is 394 g/mol. The number of rotatable bonds is 7. The van der Waals surface area contributed by atoms with Gasteiger partial charge in [0.05, 0.1) is 0 Å². The van der Waals surface area contributed by atoms with Crippen molar-refractivity contribution >= 4 is 23.4 Å². The molecule has 3 amide bonds. The second-order valence-electron chi connectivity index (χ2n) is 9.84. The lowest BCUT2D eigenvalue weighted by atomic mass is 9.49. The molecule has 8 nitrogen and oxygen atoms in total. The first-order valence-corrected chi connectivity index (χ1v) is 11.2. The molecule has 4 fully saturated rings. The Hall–Kier alpha value is -2.90. The van der Waals surface area contributed by atoms with Crippen molar-refractivity contribution in [3.63, 3.8) is 0 Å². The van der Waals surface area contributed by atoms with Crippen molar-refractivity contribution in [2.45, 2.75) is 44.9 Å². The molecule has 4 bridgehead atoms. The van der Waals surface area contributed by atoms with Crippen molar-refractivity contribution in [2.75, 3.05) is 13.1 Å². The van der Waals surface area contributed by atoms with Crippen LogP contribution in [-0.4, -0.2) is 40.2 Å². The maximum Gasteiger partial charge on any atom is 0.271 e. The van der Waals surface area contributed by atoms with E-state index in [0.717, 1.165) is 24.3 Å². The molecule has 6 rings (SSSR count). The number of nitrogens with one attached hydrogen (secondary N) is 2. The summed E-state index contributed by atoms with van der Waals surface area (Å²) in [5.74, 6) is 1.51. The summed E-state index contributed by atoms with van der Waals surface area (Å²) in [5, 5.41) is 5.82. The molecule has 2 aromatic rings. The number of nitrogens with two attached hydrogens (primary N) is 1. The van der Waals surface area contributed by atoms with Gasteiger partial charge in [-0.1, -0.05) is 6.07 Å². The molecule has 8 heteroatoms. The molecule has 0 saturated heterocycles. The fourth-order valence-corrected chi connectivity index (χ4v) is 6.56. The fraction of sp³-hybridized carbons (Fsp3) is 0.565. The lowest BCUT2D eigenvalue weighted by Gasteiger charge is -2.56. The minimum absolute atomic E-state index is 0.0666. The van der Waals surface area contributed by atoms with Gasteiger partial charge in [-0.25, -0.2) is 4.98 Å². The molecule has 0 aromatic carbocycles. The number of hydrogen-bond donors (Lipinski definition) is 3. The zero-order chi connectivity index (χ0) is 21.6. The Balaban J connectivity index is 1.28. The second-order valence-corrected chi connectivity index (χ2v) is 9.84. The number of carbonyl (C=O) groups excluding carboxylic acids is 3. The molecule has 4 N–H and O–H groups in total. The van der Waals surface area contributed by atoms with Gasteiger partial charge >= 0.3 is 0 Å². The molecule has 164 valence electrons. The summed E-state index contributed by atoms with van der Waals surface area (Å²) in [5.41, 5.74) is 6.56. The summed E-state index contributed by atoms with van der Waals surface area (Å²) in [6.45, 7) is 0.876. The van der Waals surface area contributed by atoms with Crippen LogP contribution in [0.2, 0.25) is 0 Å². The van der Waals surface area contributed by atoms with Crippen LogP contribution in [0.4, 0.5) is 0 Å². The maximum absolute atomic E-state index is 13.1. The van der Waals surface area contributed by atoms with Crippen LogP contribution in [0.25, 0.3) is 5.65 Å². The molecule has 0 radical (unpaired) electrons. The van der Waals surface area contributed by atoms with Gasteiger partial charge in [0.25, 0.3) is 11.8 Å². The van der Waals surface area contributed by atoms with Crippen LogP contribution in [-0.2, 0) is 4.79 Å². The van der Waals surface area contributed by atoms with Gasteiger partial charge in [-0.3, -0.25) is 18.8 Å². The number of primary amides is 1. The summed E-state index contributed by atoms with van der Waals surface area (Å²) >= 11 is 0. The van der Waals surface area contributed by atoms with E-state index in [2.05, 4.69) is 15.6 Å². The number of hydrogen-bond acceptors (Lipinski definition) is 4. The molecule has 0 unspecified atom stereocenters. The predicted octanol–water partition coefficient (Wildman–Crippen LogP) is 1.89. The summed E-state index contributed by atoms with van der Waals surface area (Å²) in [4.78, 5) is 40.6. The standard InChI is InChI=1S/C23H29N5O3/c24-19(29)4-5-25-21(30)17-12-28-18(2-1-3-20(28)27-17)22(31)26-13-23-9-14-6-15(10-23)8-16(7-14)11-23/h1-3,12,14-16H,4-11,13H2,(H2,24,29)(H,25,30)(H,26,31). The number of aromatic nitrogens is 2. The Morgan fingerprint density at radius 1 is 1.03 bits per heavy atom. The molecule has 31 heavy (non-hydrogen) atoms. The quantitative estimate of drug-likeness (QED) is 0.630. The summed E-state index contributed by atoms with van der Waals surface area (Å²) < 4.78 is 1.65. The van der Waals surface area contributed by atoms with Crippen molar-refractivity contribution < 1.29 is 14.4 Å². The van der Waals surface area contributed by atoms with E-state index in [1.807, 2.05) is 0 Å². The third-order valence-electron chi connectivity index (χ3n) is 7.40. The first-order valence-electron chi connectivity index (χ1n) is 11.2. The Kier molecular flexibility index (Phi) is 4.95. The normalized spacial score (nSPS) is 28.6. The fourth-order valence-electron chi connectivity index (χ4n) is 6.56. The Morgan fingerprint density at radius 3 is 2.35 bits per heavy atom. The van der Waals surface area contributed by atoms with E-state index < -0.39 is 11.8 Å². The van der Waals surface area contributed by atoms with Gasteiger partial charge in [0, 0.05) is 25.7 Å². The third kappa shape index (κ3) is 3.91. The molecular formula is C23H29N5O3. The maximum atomic E-state index is 13.1. The van der Waals surface area contributed by atoms with Gasteiger partial charge in [0.1, 0.15) is 17.0 Å². The van der Waals surface area contributed by atoms with Crippen LogP contribution >= 0.6 is 0 Å². The largest absolute Gasteiger partial charge is 0.370 e. The zero-order valence-electron chi connectivity index (χ0n) is 17.6. The number of amides is 3. The summed E-state index contributed by atoms with van der Waals surface area (Å²) in [7, 11) is 0. The molecule has 4 aliphatic rings. The Bertz CT molecular complexity index is 1010. The van der Waals surface area contributed by atoms with E-state index in [4.69, 9.17) is 5.73 Å². The average molecular weight is 424 g/mol. The van der Waals surface area contributed by atoms with E-state index >= 15 is 0 Å². The minimum atomic E-state index is -0.478. The summed E-state index contributed by atoms with van der Waals surface area (Å²) in [6.07, 6.45) is 9.49. The third-order valence-corrected chi connectivity index (χ3v) is 7.40. The van der Waals surface area contributed by atoms with E-state index in [1.165, 1.54) is 38.5 Å². The summed E-state index contributed by atoms with van der Waals surface area (Å²) in [6, 6.07) is 5.28. The number of carbonyl (C=O) groups is 3. The van der Waals surface area contributed by atoms with Crippen molar-refractivity contribution in [3.8, 4) is 0 Å². The van der Waals surface area contributed by atoms with Gasteiger partial charge < -0.3 is 16.4 Å². The van der Waals surface area contributed by atoms with Crippen LogP contribution in [0.5, 0.6) is 0 Å². The molecule has 0 spiro atoms. The van der Waals surface area contributed by atoms with Crippen LogP contribution < -0.4 is 16.4 Å². The lowest BCUT2D eigenvalue weighted by molar-refractivity contribution is -0.117. The Labute approximate surface area is 181 Å². The predicted molar refractivity (Wildman–Crippen MR) is 114 cm³/mol. The topological polar surface area (TPSA) is 119 Å². The first kappa shape index (κ1) is 20.0. The molecule has 0 atom stereocenters. The number of pyridine rings is 1. The van der Waals surface area contributed by atoms with Crippen LogP contribution in [0.1, 0.15) is 65.9 Å². The van der Waals surface area contributed by atoms with Gasteiger partial charge in [0.15, 0.2) is 0 Å². The average Bonchev–Trinajstić information content (AvgIpc) is 3.15. The molecule has 2 aromatic heterocycles. The monoisotopic (exact) mass is 423 g/mol.